The van der Waals surface area contributed by atoms with Crippen LogP contribution in [0.1, 0.15) is 25.3 Å². The number of carbonyl (C=O) groups is 1. The van der Waals surface area contributed by atoms with Gasteiger partial charge in [-0.15, -0.1) is 0 Å². The molecule has 1 aromatic rings. The smallest absolute Gasteiger partial charge is 0.258 e. The minimum Gasteiger partial charge on any atom is -0.483 e. The van der Waals surface area contributed by atoms with Crippen molar-refractivity contribution in [2.45, 2.75) is 19.8 Å². The maximum atomic E-state index is 11.5. The zero-order chi connectivity index (χ0) is 13.4. The first-order chi connectivity index (χ1) is 8.65. The van der Waals surface area contributed by atoms with E-state index in [0.717, 1.165) is 11.3 Å². The van der Waals surface area contributed by atoms with Gasteiger partial charge in [0.15, 0.2) is 6.61 Å². The lowest BCUT2D eigenvalue weighted by Crippen LogP contribution is -2.31. The largest absolute Gasteiger partial charge is 0.483 e. The fraction of sp³-hybridized carbons (Fsp3) is 0.500. The molecule has 100 valence electrons. The number of methoxy groups -OCH3 is 1. The summed E-state index contributed by atoms with van der Waals surface area (Å²) in [5.74, 6) is 1.01. The van der Waals surface area contributed by atoms with Gasteiger partial charge in [-0.3, -0.25) is 4.79 Å². The Hall–Kier alpha value is -1.55. The predicted molar refractivity (Wildman–Crippen MR) is 70.9 cm³/mol. The van der Waals surface area contributed by atoms with Gasteiger partial charge in [0, 0.05) is 13.7 Å². The van der Waals surface area contributed by atoms with Crippen molar-refractivity contribution in [2.75, 3.05) is 26.9 Å². The zero-order valence-corrected chi connectivity index (χ0v) is 11.2. The molecule has 18 heavy (non-hydrogen) atoms. The minimum atomic E-state index is -0.134. The molecule has 1 aromatic carbocycles. The lowest BCUT2D eigenvalue weighted by atomic mass is 10.0. The Morgan fingerprint density at radius 3 is 2.72 bits per heavy atom. The zero-order valence-electron chi connectivity index (χ0n) is 11.2. The molecular formula is C14H21NO3. The van der Waals surface area contributed by atoms with Crippen molar-refractivity contribution in [2.24, 2.45) is 0 Å². The second kappa shape index (κ2) is 7.71. The molecule has 0 radical (unpaired) electrons. The van der Waals surface area contributed by atoms with Crippen LogP contribution >= 0.6 is 0 Å². The van der Waals surface area contributed by atoms with Crippen LogP contribution in [0.3, 0.4) is 0 Å². The van der Waals surface area contributed by atoms with Crippen LogP contribution in [0.2, 0.25) is 0 Å². The average Bonchev–Trinajstić information content (AvgIpc) is 2.37. The molecule has 0 unspecified atom stereocenters. The van der Waals surface area contributed by atoms with Crippen molar-refractivity contribution in [1.82, 2.24) is 5.32 Å². The number of carbonyl (C=O) groups excluding carboxylic acids is 1. The van der Waals surface area contributed by atoms with Crippen molar-refractivity contribution in [3.8, 4) is 5.75 Å². The topological polar surface area (TPSA) is 47.6 Å². The highest BCUT2D eigenvalue weighted by molar-refractivity contribution is 5.77. The predicted octanol–water partition coefficient (Wildman–Crippen LogP) is 1.95. The summed E-state index contributed by atoms with van der Waals surface area (Å²) in [7, 11) is 1.60. The Kier molecular flexibility index (Phi) is 6.22. The molecule has 4 nitrogen and oxygen atoms in total. The van der Waals surface area contributed by atoms with Gasteiger partial charge >= 0.3 is 0 Å². The summed E-state index contributed by atoms with van der Waals surface area (Å²) in [4.78, 5) is 11.5. The number of amides is 1. The molecule has 4 heteroatoms. The summed E-state index contributed by atoms with van der Waals surface area (Å²) >= 11 is 0. The normalized spacial score (nSPS) is 10.4. The molecule has 0 saturated heterocycles. The van der Waals surface area contributed by atoms with Gasteiger partial charge in [-0.2, -0.15) is 0 Å². The molecule has 1 amide bonds. The lowest BCUT2D eigenvalue weighted by molar-refractivity contribution is -0.123. The molecule has 0 bridgehead atoms. The van der Waals surface area contributed by atoms with Gasteiger partial charge in [-0.25, -0.2) is 0 Å². The van der Waals surface area contributed by atoms with E-state index in [-0.39, 0.29) is 12.5 Å². The second-order valence-electron chi connectivity index (χ2n) is 4.32. The quantitative estimate of drug-likeness (QED) is 0.753. The molecule has 0 spiro atoms. The lowest BCUT2D eigenvalue weighted by Gasteiger charge is -2.13. The van der Waals surface area contributed by atoms with Gasteiger partial charge in [-0.1, -0.05) is 32.0 Å². The monoisotopic (exact) mass is 251 g/mol. The van der Waals surface area contributed by atoms with Gasteiger partial charge in [-0.05, 0) is 17.5 Å². The van der Waals surface area contributed by atoms with Crippen LogP contribution in [0.15, 0.2) is 24.3 Å². The molecule has 1 rings (SSSR count). The van der Waals surface area contributed by atoms with Gasteiger partial charge < -0.3 is 14.8 Å². The molecule has 1 N–H and O–H groups in total. The highest BCUT2D eigenvalue weighted by atomic mass is 16.5. The molecule has 0 heterocycles. The number of rotatable bonds is 7. The first kappa shape index (κ1) is 14.5. The Bertz CT molecular complexity index is 377. The summed E-state index contributed by atoms with van der Waals surface area (Å²) in [5.41, 5.74) is 1.11. The van der Waals surface area contributed by atoms with Crippen LogP contribution in [-0.2, 0) is 9.53 Å². The third-order valence-corrected chi connectivity index (χ3v) is 2.53. The maximum Gasteiger partial charge on any atom is 0.258 e. The van der Waals surface area contributed by atoms with E-state index in [1.165, 1.54) is 0 Å². The third kappa shape index (κ3) is 4.75. The molecule has 0 aliphatic carbocycles. The van der Waals surface area contributed by atoms with E-state index in [0.29, 0.717) is 19.1 Å². The molecule has 0 saturated carbocycles. The summed E-state index contributed by atoms with van der Waals surface area (Å²) in [6.45, 7) is 5.24. The molecule has 0 fully saturated rings. The van der Waals surface area contributed by atoms with Crippen LogP contribution < -0.4 is 10.1 Å². The molecule has 0 aliphatic heterocycles. The van der Waals surface area contributed by atoms with Crippen molar-refractivity contribution >= 4 is 5.91 Å². The summed E-state index contributed by atoms with van der Waals surface area (Å²) in [5, 5.41) is 2.71. The van der Waals surface area contributed by atoms with E-state index < -0.39 is 0 Å². The van der Waals surface area contributed by atoms with Crippen LogP contribution in [0, 0.1) is 0 Å². The van der Waals surface area contributed by atoms with Crippen molar-refractivity contribution in [1.29, 1.82) is 0 Å². The third-order valence-electron chi connectivity index (χ3n) is 2.53. The van der Waals surface area contributed by atoms with Gasteiger partial charge in [0.25, 0.3) is 5.91 Å². The first-order valence-electron chi connectivity index (χ1n) is 6.12. The van der Waals surface area contributed by atoms with Crippen LogP contribution in [-0.4, -0.2) is 32.8 Å². The highest BCUT2D eigenvalue weighted by Gasteiger charge is 2.08. The standard InChI is InChI=1S/C14H21NO3/c1-11(2)12-6-4-5-7-13(12)18-10-14(16)15-8-9-17-3/h4-7,11H,8-10H2,1-3H3,(H,15,16). The number of para-hydroxylation sites is 1. The molecular weight excluding hydrogens is 230 g/mol. The SMILES string of the molecule is COCCNC(=O)COc1ccccc1C(C)C. The van der Waals surface area contributed by atoms with E-state index in [2.05, 4.69) is 19.2 Å². The minimum absolute atomic E-state index is 0.0352. The van der Waals surface area contributed by atoms with Crippen molar-refractivity contribution < 1.29 is 14.3 Å². The number of benzene rings is 1. The van der Waals surface area contributed by atoms with Crippen LogP contribution in [0.4, 0.5) is 0 Å². The maximum absolute atomic E-state index is 11.5. The van der Waals surface area contributed by atoms with E-state index >= 15 is 0 Å². The van der Waals surface area contributed by atoms with E-state index in [4.69, 9.17) is 9.47 Å². The molecule has 0 atom stereocenters. The summed E-state index contributed by atoms with van der Waals surface area (Å²) in [6, 6.07) is 7.78. The fourth-order valence-corrected chi connectivity index (χ4v) is 1.58. The number of nitrogens with one attached hydrogen (secondary N) is 1. The van der Waals surface area contributed by atoms with Crippen molar-refractivity contribution in [3.63, 3.8) is 0 Å². The Labute approximate surface area is 108 Å². The fourth-order valence-electron chi connectivity index (χ4n) is 1.58. The van der Waals surface area contributed by atoms with Gasteiger partial charge in [0.05, 0.1) is 6.61 Å². The second-order valence-corrected chi connectivity index (χ2v) is 4.32. The Morgan fingerprint density at radius 1 is 1.33 bits per heavy atom. The van der Waals surface area contributed by atoms with E-state index in [1.807, 2.05) is 24.3 Å². The van der Waals surface area contributed by atoms with Crippen LogP contribution in [0.25, 0.3) is 0 Å². The van der Waals surface area contributed by atoms with Gasteiger partial charge in [0.1, 0.15) is 5.75 Å². The summed E-state index contributed by atoms with van der Waals surface area (Å²) < 4.78 is 10.4. The van der Waals surface area contributed by atoms with Crippen molar-refractivity contribution in [3.05, 3.63) is 29.8 Å². The highest BCUT2D eigenvalue weighted by Crippen LogP contribution is 2.25. The summed E-state index contributed by atoms with van der Waals surface area (Å²) in [6.07, 6.45) is 0. The van der Waals surface area contributed by atoms with Gasteiger partial charge in [0.2, 0.25) is 0 Å². The van der Waals surface area contributed by atoms with E-state index in [1.54, 1.807) is 7.11 Å². The first-order valence-corrected chi connectivity index (χ1v) is 6.12. The molecule has 0 aliphatic rings. The number of hydrogen-bond acceptors (Lipinski definition) is 3. The molecule has 0 aromatic heterocycles. The Balaban J connectivity index is 2.45. The number of ether oxygens (including phenoxy) is 2. The Morgan fingerprint density at radius 2 is 2.06 bits per heavy atom. The van der Waals surface area contributed by atoms with Crippen LogP contribution in [0.5, 0.6) is 5.75 Å². The number of hydrogen-bond donors (Lipinski definition) is 1. The average molecular weight is 251 g/mol. The van der Waals surface area contributed by atoms with E-state index in [9.17, 15) is 4.79 Å².